The number of hydrogen-bond acceptors (Lipinski definition) is 7. The maximum Gasteiger partial charge on any atom is 0.361 e. The molecular weight excluding hydrogens is 911 g/mol. The molecule has 1 N–H and O–H groups in total. The van der Waals surface area contributed by atoms with E-state index in [1.165, 1.54) is 103 Å². The van der Waals surface area contributed by atoms with Gasteiger partial charge in [-0.05, 0) is 89.9 Å². The first-order valence-corrected chi connectivity index (χ1v) is 29.1. The van der Waals surface area contributed by atoms with Crippen molar-refractivity contribution in [3.05, 3.63) is 109 Å². The summed E-state index contributed by atoms with van der Waals surface area (Å²) in [4.78, 5) is 37.4. The van der Waals surface area contributed by atoms with Crippen molar-refractivity contribution < 1.29 is 42.9 Å². The van der Waals surface area contributed by atoms with Crippen LogP contribution in [0.4, 0.5) is 0 Å². The zero-order chi connectivity index (χ0) is 53.4. The molecule has 0 saturated heterocycles. The molecule has 0 amide bonds. The molecule has 0 aliphatic rings. The second kappa shape index (κ2) is 54.2. The third-order valence-electron chi connectivity index (χ3n) is 12.0. The quantitative estimate of drug-likeness (QED) is 0.0211. The molecule has 0 aromatic rings. The summed E-state index contributed by atoms with van der Waals surface area (Å²) in [6.07, 6.45) is 71.9. The van der Waals surface area contributed by atoms with Crippen molar-refractivity contribution in [1.29, 1.82) is 0 Å². The van der Waals surface area contributed by atoms with E-state index in [1.807, 2.05) is 21.1 Å². The van der Waals surface area contributed by atoms with E-state index in [1.54, 1.807) is 0 Å². The third-order valence-corrected chi connectivity index (χ3v) is 12.0. The summed E-state index contributed by atoms with van der Waals surface area (Å²) in [5.74, 6) is -2.09. The van der Waals surface area contributed by atoms with Crippen molar-refractivity contribution in [2.24, 2.45) is 0 Å². The van der Waals surface area contributed by atoms with Crippen LogP contribution in [0.15, 0.2) is 109 Å². The number of rotatable bonds is 52. The van der Waals surface area contributed by atoms with Crippen molar-refractivity contribution in [3.63, 3.8) is 0 Å². The summed E-state index contributed by atoms with van der Waals surface area (Å²) in [5, 5.41) is 9.69. The number of carboxylic acid groups (broad SMARTS) is 1. The number of likely N-dealkylation sites (N-methyl/N-ethyl adjacent to an activating group) is 1. The van der Waals surface area contributed by atoms with Crippen LogP contribution in [0.3, 0.4) is 0 Å². The molecule has 0 aromatic carbocycles. The number of quaternary nitrogens is 1. The van der Waals surface area contributed by atoms with Crippen LogP contribution in [0.5, 0.6) is 0 Å². The van der Waals surface area contributed by atoms with E-state index in [0.717, 1.165) is 83.5 Å². The molecule has 2 unspecified atom stereocenters. The van der Waals surface area contributed by atoms with Gasteiger partial charge >= 0.3 is 17.9 Å². The highest BCUT2D eigenvalue weighted by atomic mass is 16.7. The Morgan fingerprint density at radius 1 is 0.411 bits per heavy atom. The number of carbonyl (C=O) groups excluding carboxylic acids is 2. The Morgan fingerprint density at radius 2 is 0.753 bits per heavy atom. The van der Waals surface area contributed by atoms with E-state index >= 15 is 0 Å². The predicted molar refractivity (Wildman–Crippen MR) is 308 cm³/mol. The van der Waals surface area contributed by atoms with Gasteiger partial charge in [-0.15, -0.1) is 0 Å². The third kappa shape index (κ3) is 55.5. The highest BCUT2D eigenvalue weighted by Gasteiger charge is 2.25. The molecule has 0 heterocycles. The lowest BCUT2D eigenvalue weighted by atomic mass is 10.0. The lowest BCUT2D eigenvalue weighted by Crippen LogP contribution is -2.40. The topological polar surface area (TPSA) is 108 Å². The summed E-state index contributed by atoms with van der Waals surface area (Å²) in [5.41, 5.74) is 0. The summed E-state index contributed by atoms with van der Waals surface area (Å²) in [7, 11) is 5.94. The average Bonchev–Trinajstić information content (AvgIpc) is 3.36. The lowest BCUT2D eigenvalue weighted by Gasteiger charge is -2.25. The van der Waals surface area contributed by atoms with Crippen LogP contribution < -0.4 is 0 Å². The first kappa shape index (κ1) is 69.0. The maximum absolute atomic E-state index is 12.8. The summed E-state index contributed by atoms with van der Waals surface area (Å²) in [6, 6.07) is 0. The number of allylic oxidation sites excluding steroid dienone is 18. The van der Waals surface area contributed by atoms with Gasteiger partial charge in [0.1, 0.15) is 13.2 Å². The van der Waals surface area contributed by atoms with Crippen LogP contribution in [-0.4, -0.2) is 87.4 Å². The fourth-order valence-corrected chi connectivity index (χ4v) is 7.63. The van der Waals surface area contributed by atoms with Gasteiger partial charge in [0, 0.05) is 12.8 Å². The number of ether oxygens (including phenoxy) is 4. The maximum atomic E-state index is 12.8. The molecule has 0 bridgehead atoms. The Morgan fingerprint density at radius 3 is 1.14 bits per heavy atom. The Kier molecular flexibility index (Phi) is 51.2. The van der Waals surface area contributed by atoms with Gasteiger partial charge in [0.15, 0.2) is 6.10 Å². The molecule has 0 radical (unpaired) electrons. The number of carboxylic acids is 1. The van der Waals surface area contributed by atoms with E-state index in [0.29, 0.717) is 17.4 Å². The predicted octanol–water partition coefficient (Wildman–Crippen LogP) is 17.1. The minimum Gasteiger partial charge on any atom is -0.477 e. The lowest BCUT2D eigenvalue weighted by molar-refractivity contribution is -0.870. The molecule has 0 aliphatic carbocycles. The van der Waals surface area contributed by atoms with Crippen molar-refractivity contribution in [1.82, 2.24) is 0 Å². The van der Waals surface area contributed by atoms with Crippen LogP contribution in [0.1, 0.15) is 219 Å². The monoisotopic (exact) mass is 1020 g/mol. The number of aliphatic carboxylic acids is 1. The van der Waals surface area contributed by atoms with E-state index < -0.39 is 24.3 Å². The molecule has 0 fully saturated rings. The minimum absolute atomic E-state index is 0.173. The molecule has 9 heteroatoms. The summed E-state index contributed by atoms with van der Waals surface area (Å²) < 4.78 is 22.8. The second-order valence-electron chi connectivity index (χ2n) is 20.2. The van der Waals surface area contributed by atoms with Crippen molar-refractivity contribution >= 4 is 17.9 Å². The fourth-order valence-electron chi connectivity index (χ4n) is 7.63. The zero-order valence-corrected chi connectivity index (χ0v) is 47.3. The largest absolute Gasteiger partial charge is 0.477 e. The molecule has 416 valence electrons. The van der Waals surface area contributed by atoms with Gasteiger partial charge in [0.05, 0.1) is 34.4 Å². The Bertz CT molecular complexity index is 1560. The van der Waals surface area contributed by atoms with E-state index in [-0.39, 0.29) is 38.6 Å². The number of hydrogen-bond donors (Lipinski definition) is 1. The van der Waals surface area contributed by atoms with Gasteiger partial charge < -0.3 is 28.5 Å². The number of unbranched alkanes of at least 4 members (excludes halogenated alkanes) is 19. The summed E-state index contributed by atoms with van der Waals surface area (Å²) >= 11 is 0. The molecule has 0 aliphatic heterocycles. The highest BCUT2D eigenvalue weighted by Crippen LogP contribution is 2.16. The van der Waals surface area contributed by atoms with Crippen LogP contribution in [0.2, 0.25) is 0 Å². The molecule has 0 spiro atoms. The summed E-state index contributed by atoms with van der Waals surface area (Å²) in [6.45, 7) is 4.58. The number of nitrogens with zero attached hydrogens (tertiary/aromatic N) is 1. The van der Waals surface area contributed by atoms with Gasteiger partial charge in [-0.3, -0.25) is 9.59 Å². The normalized spacial score (nSPS) is 13.6. The zero-order valence-electron chi connectivity index (χ0n) is 47.3. The first-order chi connectivity index (χ1) is 35.6. The van der Waals surface area contributed by atoms with E-state index in [9.17, 15) is 19.5 Å². The molecule has 0 rings (SSSR count). The first-order valence-electron chi connectivity index (χ1n) is 29.1. The Labute approximate surface area is 447 Å². The minimum atomic E-state index is -1.53. The van der Waals surface area contributed by atoms with Gasteiger partial charge in [0.25, 0.3) is 6.29 Å². The second-order valence-corrected chi connectivity index (χ2v) is 20.2. The van der Waals surface area contributed by atoms with Crippen LogP contribution in [0, 0.1) is 0 Å². The molecule has 9 nitrogen and oxygen atoms in total. The van der Waals surface area contributed by atoms with Crippen molar-refractivity contribution in [2.75, 3.05) is 47.5 Å². The highest BCUT2D eigenvalue weighted by molar-refractivity contribution is 5.71. The van der Waals surface area contributed by atoms with Gasteiger partial charge in [-0.1, -0.05) is 226 Å². The standard InChI is InChI=1S/C64H107NO8/c1-6-8-10-12-14-16-18-20-22-24-25-26-27-28-29-30-31-32-33-34-35-36-37-39-40-42-44-46-48-50-52-54-61(66)71-58-60(59-72-64(63(68)69)70-57-56-65(3,4)5)73-62(67)55-53-51-49-47-45-43-41-38-23-21-19-17-15-13-11-9-7-2/h8-11,14-17,20-23,25-26,41,43,47,49,60,64H,6-7,12-13,18-19,24,27-40,42,44-46,48,50-59H2,1-5H3/p+1/b10-8-,11-9-,16-14-,17-15-,22-20-,23-21-,26-25-,43-41-,49-47-. The molecular formula is C64H108NO8+. The van der Waals surface area contributed by atoms with Crippen molar-refractivity contribution in [2.45, 2.75) is 232 Å². The molecule has 2 atom stereocenters. The van der Waals surface area contributed by atoms with E-state index in [4.69, 9.17) is 18.9 Å². The SMILES string of the molecule is CC/C=C\C/C=C\C/C=C\C/C=C\C/C=C\CCCC(=O)OC(COC(=O)CCCCCCCCCCCCCCCCCCCC/C=C\C/C=C\C/C=C\C/C=C\CC)COC(OCC[N+](C)(C)C)C(=O)O. The average molecular weight is 1020 g/mol. The van der Waals surface area contributed by atoms with Crippen molar-refractivity contribution in [3.8, 4) is 0 Å². The molecule has 73 heavy (non-hydrogen) atoms. The number of esters is 2. The van der Waals surface area contributed by atoms with Crippen LogP contribution in [0.25, 0.3) is 0 Å². The van der Waals surface area contributed by atoms with Gasteiger partial charge in [-0.2, -0.15) is 0 Å². The van der Waals surface area contributed by atoms with Crippen LogP contribution >= 0.6 is 0 Å². The Balaban J connectivity index is 4.20. The molecule has 0 saturated carbocycles. The van der Waals surface area contributed by atoms with E-state index in [2.05, 4.69) is 123 Å². The van der Waals surface area contributed by atoms with Gasteiger partial charge in [0.2, 0.25) is 0 Å². The Hall–Kier alpha value is -4.05. The number of carbonyl (C=O) groups is 3. The smallest absolute Gasteiger partial charge is 0.361 e. The van der Waals surface area contributed by atoms with Crippen LogP contribution in [-0.2, 0) is 33.3 Å². The fraction of sp³-hybridized carbons (Fsp3) is 0.672. The molecule has 0 aromatic heterocycles. The van der Waals surface area contributed by atoms with Gasteiger partial charge in [-0.25, -0.2) is 4.79 Å².